The van der Waals surface area contributed by atoms with Gasteiger partial charge in [0.1, 0.15) is 11.7 Å². The van der Waals surface area contributed by atoms with E-state index in [1.54, 1.807) is 13.3 Å². The van der Waals surface area contributed by atoms with Crippen molar-refractivity contribution in [1.82, 2.24) is 24.5 Å². The molecule has 2 aromatic heterocycles. The molecule has 3 heterocycles. The van der Waals surface area contributed by atoms with E-state index < -0.39 is 5.41 Å². The van der Waals surface area contributed by atoms with Crippen LogP contribution in [0, 0.1) is 13.8 Å². The monoisotopic (exact) mass is 399 g/mol. The number of piperidine rings is 1. The maximum absolute atomic E-state index is 14.2. The predicted molar refractivity (Wildman–Crippen MR) is 112 cm³/mol. The van der Waals surface area contributed by atoms with Crippen molar-refractivity contribution >= 4 is 15.0 Å². The fraction of sp³-hybridized carbons (Fsp3) is 0.476. The Bertz CT molecular complexity index is 994. The fourth-order valence-corrected chi connectivity index (χ4v) is 4.29. The summed E-state index contributed by atoms with van der Waals surface area (Å²) >= 11 is 0. The van der Waals surface area contributed by atoms with E-state index in [2.05, 4.69) is 48.3 Å². The zero-order valence-corrected chi connectivity index (χ0v) is 17.8. The minimum absolute atomic E-state index is 0.403. The number of fused-ring (bicyclic) bond motifs is 1. The van der Waals surface area contributed by atoms with Crippen molar-refractivity contribution in [1.29, 1.82) is 0 Å². The Morgan fingerprint density at radius 3 is 2.86 bits per heavy atom. The summed E-state index contributed by atoms with van der Waals surface area (Å²) in [4.78, 5) is 11.2. The van der Waals surface area contributed by atoms with Gasteiger partial charge in [-0.1, -0.05) is 27.4 Å². The predicted octanol–water partition coefficient (Wildman–Crippen LogP) is 4.14. The van der Waals surface area contributed by atoms with E-state index in [1.807, 2.05) is 23.6 Å². The number of aryl methyl sites for hydroxylation is 2. The summed E-state index contributed by atoms with van der Waals surface area (Å²) in [6, 6.07) is 8.08. The molecule has 148 valence electrons. The fourth-order valence-electron chi connectivity index (χ4n) is 4.11. The molecule has 0 amide bonds. The highest BCUT2D eigenvalue weighted by Crippen LogP contribution is 2.34. The van der Waals surface area contributed by atoms with Gasteiger partial charge in [-0.05, 0) is 62.9 Å². The van der Waals surface area contributed by atoms with E-state index in [0.717, 1.165) is 43.7 Å². The lowest BCUT2D eigenvalue weighted by molar-refractivity contribution is 0.197. The van der Waals surface area contributed by atoms with E-state index in [1.165, 1.54) is 11.3 Å². The number of hydrogen-bond donors (Lipinski definition) is 0. The van der Waals surface area contributed by atoms with E-state index in [0.29, 0.717) is 17.3 Å². The summed E-state index contributed by atoms with van der Waals surface area (Å²) in [5, 5.41) is 2.99. The van der Waals surface area contributed by atoms with Crippen LogP contribution in [0.5, 0.6) is 0 Å². The highest BCUT2D eigenvalue weighted by Gasteiger charge is 2.25. The third-order valence-corrected chi connectivity index (χ3v) is 5.97. The number of nitrogens with zero attached hydrogens (tertiary/aromatic N) is 5. The molecule has 3 aromatic rings. The van der Waals surface area contributed by atoms with E-state index in [-0.39, 0.29) is 0 Å². The standard InChI is InChI=1S/C21H27FN5P/c1-14-9-18(21(3,22)28)7-6-16(14)11-26-8-4-5-17(12-26)19-10-15(2)25-20-23-13-24-27(19)20/h6-7,9-10,13,17H,4-5,8,11-12,28H2,1-3H3. The van der Waals surface area contributed by atoms with Crippen molar-refractivity contribution in [3.63, 3.8) is 0 Å². The molecular weight excluding hydrogens is 372 g/mol. The average Bonchev–Trinajstić information content (AvgIpc) is 3.10. The van der Waals surface area contributed by atoms with Crippen molar-refractivity contribution < 1.29 is 4.39 Å². The Labute approximate surface area is 167 Å². The van der Waals surface area contributed by atoms with Crippen molar-refractivity contribution in [2.75, 3.05) is 13.1 Å². The van der Waals surface area contributed by atoms with Crippen LogP contribution in [0.25, 0.3) is 5.78 Å². The zero-order chi connectivity index (χ0) is 19.9. The van der Waals surface area contributed by atoms with E-state index in [9.17, 15) is 4.39 Å². The lowest BCUT2D eigenvalue weighted by Gasteiger charge is -2.33. The molecule has 0 aliphatic carbocycles. The van der Waals surface area contributed by atoms with Crippen molar-refractivity contribution in [2.24, 2.45) is 0 Å². The van der Waals surface area contributed by atoms with Gasteiger partial charge in [-0.3, -0.25) is 4.90 Å². The number of rotatable bonds is 4. The van der Waals surface area contributed by atoms with Gasteiger partial charge in [0.2, 0.25) is 0 Å². The van der Waals surface area contributed by atoms with Gasteiger partial charge in [0.25, 0.3) is 5.78 Å². The molecule has 4 rings (SSSR count). The van der Waals surface area contributed by atoms with Gasteiger partial charge < -0.3 is 0 Å². The SMILES string of the molecule is Cc1cc(C2CCCN(Cc3ccc(C(C)(F)P)cc3C)C2)n2ncnc2n1. The van der Waals surface area contributed by atoms with E-state index in [4.69, 9.17) is 0 Å². The van der Waals surface area contributed by atoms with Crippen molar-refractivity contribution in [2.45, 2.75) is 51.5 Å². The molecule has 3 unspecified atom stereocenters. The molecule has 0 N–H and O–H groups in total. The lowest BCUT2D eigenvalue weighted by atomic mass is 9.93. The summed E-state index contributed by atoms with van der Waals surface area (Å²) in [6.45, 7) is 8.59. The molecule has 1 aliphatic rings. The second-order valence-electron chi connectivity index (χ2n) is 8.09. The first kappa shape index (κ1) is 19.4. The summed E-state index contributed by atoms with van der Waals surface area (Å²) in [5.74, 6) is 1.07. The Balaban J connectivity index is 1.54. The largest absolute Gasteiger partial charge is 0.298 e. The third kappa shape index (κ3) is 3.94. The van der Waals surface area contributed by atoms with Crippen LogP contribution in [0.3, 0.4) is 0 Å². The van der Waals surface area contributed by atoms with Gasteiger partial charge in [0.15, 0.2) is 0 Å². The first-order chi connectivity index (χ1) is 13.3. The van der Waals surface area contributed by atoms with Crippen LogP contribution in [-0.2, 0) is 12.0 Å². The lowest BCUT2D eigenvalue weighted by Crippen LogP contribution is -2.35. The minimum atomic E-state index is -1.39. The second kappa shape index (κ2) is 7.49. The van der Waals surface area contributed by atoms with Gasteiger partial charge in [-0.2, -0.15) is 10.1 Å². The highest BCUT2D eigenvalue weighted by molar-refractivity contribution is 7.18. The number of alkyl halides is 1. The number of hydrogen-bond acceptors (Lipinski definition) is 4. The molecule has 3 atom stereocenters. The Hall–Kier alpha value is -1.91. The molecule has 1 aliphatic heterocycles. The summed E-state index contributed by atoms with van der Waals surface area (Å²) in [6.07, 6.45) is 3.86. The molecule has 0 radical (unpaired) electrons. The van der Waals surface area contributed by atoms with Crippen LogP contribution in [0.4, 0.5) is 4.39 Å². The molecule has 28 heavy (non-hydrogen) atoms. The number of likely N-dealkylation sites (tertiary alicyclic amines) is 1. The molecule has 0 spiro atoms. The molecule has 0 saturated carbocycles. The first-order valence-electron chi connectivity index (χ1n) is 9.78. The maximum Gasteiger partial charge on any atom is 0.252 e. The Kier molecular flexibility index (Phi) is 5.19. The van der Waals surface area contributed by atoms with Gasteiger partial charge >= 0.3 is 0 Å². The Morgan fingerprint density at radius 2 is 2.11 bits per heavy atom. The molecular formula is C21H27FN5P. The van der Waals surface area contributed by atoms with Crippen LogP contribution < -0.4 is 0 Å². The van der Waals surface area contributed by atoms with Crippen LogP contribution in [0.15, 0.2) is 30.6 Å². The third-order valence-electron chi connectivity index (χ3n) is 5.63. The van der Waals surface area contributed by atoms with Crippen molar-refractivity contribution in [3.05, 3.63) is 58.7 Å². The van der Waals surface area contributed by atoms with Gasteiger partial charge in [-0.25, -0.2) is 13.9 Å². The van der Waals surface area contributed by atoms with Crippen LogP contribution >= 0.6 is 9.24 Å². The maximum atomic E-state index is 14.2. The number of aromatic nitrogens is 4. The second-order valence-corrected chi connectivity index (χ2v) is 9.17. The summed E-state index contributed by atoms with van der Waals surface area (Å²) < 4.78 is 16.1. The average molecular weight is 399 g/mol. The molecule has 1 aromatic carbocycles. The summed E-state index contributed by atoms with van der Waals surface area (Å²) in [7, 11) is 2.27. The number of benzene rings is 1. The smallest absolute Gasteiger partial charge is 0.252 e. The minimum Gasteiger partial charge on any atom is -0.298 e. The van der Waals surface area contributed by atoms with Crippen LogP contribution in [0.2, 0.25) is 0 Å². The van der Waals surface area contributed by atoms with Gasteiger partial charge in [0, 0.05) is 24.7 Å². The van der Waals surface area contributed by atoms with Gasteiger partial charge in [0.05, 0.1) is 5.69 Å². The van der Waals surface area contributed by atoms with E-state index >= 15 is 0 Å². The normalized spacial score (nSPS) is 20.4. The quantitative estimate of drug-likeness (QED) is 0.619. The summed E-state index contributed by atoms with van der Waals surface area (Å²) in [5.41, 5.74) is 5.27. The van der Waals surface area contributed by atoms with Crippen LogP contribution in [0.1, 0.15) is 53.8 Å². The molecule has 1 saturated heterocycles. The van der Waals surface area contributed by atoms with Crippen molar-refractivity contribution in [3.8, 4) is 0 Å². The van der Waals surface area contributed by atoms with Crippen LogP contribution in [-0.4, -0.2) is 37.6 Å². The molecule has 5 nitrogen and oxygen atoms in total. The molecule has 0 bridgehead atoms. The molecule has 1 fully saturated rings. The number of halogens is 1. The molecule has 7 heteroatoms. The highest BCUT2D eigenvalue weighted by atomic mass is 31.0. The van der Waals surface area contributed by atoms with Gasteiger partial charge in [-0.15, -0.1) is 0 Å². The zero-order valence-electron chi connectivity index (χ0n) is 16.7. The first-order valence-corrected chi connectivity index (χ1v) is 10.4. The topological polar surface area (TPSA) is 46.3 Å². The Morgan fingerprint density at radius 1 is 1.29 bits per heavy atom.